The second-order valence-electron chi connectivity index (χ2n) is 8.39. The second kappa shape index (κ2) is 6.37. The van der Waals surface area contributed by atoms with Gasteiger partial charge in [-0.25, -0.2) is 4.39 Å². The largest absolute Gasteiger partial charge is 0.491 e. The number of hydrogen-bond donors (Lipinski definition) is 0. The molecule has 3 saturated carbocycles. The molecular weight excluding hydrogens is 322 g/mol. The van der Waals surface area contributed by atoms with Gasteiger partial charge in [0.2, 0.25) is 5.82 Å². The molecule has 3 aliphatic rings. The van der Waals surface area contributed by atoms with Crippen LogP contribution in [0.15, 0.2) is 12.1 Å². The predicted molar refractivity (Wildman–Crippen MR) is 91.6 cm³/mol. The van der Waals surface area contributed by atoms with E-state index in [0.29, 0.717) is 29.3 Å². The van der Waals surface area contributed by atoms with E-state index in [2.05, 4.69) is 0 Å². The molecule has 25 heavy (non-hydrogen) atoms. The standard InChI is InChI=1S/C21H26F2O2/c1-2-25-18-8-7-17(19(22)20(18)23)14-5-3-13(4-6-14)15-9-21(10-15)11-16(24)12-21/h7-8,13-15H,2-6,9-12H2,1H3. The number of carbonyl (C=O) groups excluding carboxylic acids is 1. The van der Waals surface area contributed by atoms with Gasteiger partial charge in [-0.2, -0.15) is 4.39 Å². The molecule has 4 heteroatoms. The van der Waals surface area contributed by atoms with Crippen LogP contribution in [-0.4, -0.2) is 12.4 Å². The number of carbonyl (C=O) groups is 1. The van der Waals surface area contributed by atoms with Crippen LogP contribution in [0.1, 0.15) is 69.8 Å². The SMILES string of the molecule is CCOc1ccc(C2CCC(C3CC4(CC(=O)C4)C3)CC2)c(F)c1F. The van der Waals surface area contributed by atoms with Gasteiger partial charge in [0.15, 0.2) is 11.6 Å². The Morgan fingerprint density at radius 2 is 1.72 bits per heavy atom. The van der Waals surface area contributed by atoms with Gasteiger partial charge in [-0.3, -0.25) is 4.79 Å². The Hall–Kier alpha value is -1.45. The molecule has 0 atom stereocenters. The van der Waals surface area contributed by atoms with Gasteiger partial charge in [0.05, 0.1) is 6.61 Å². The fraction of sp³-hybridized carbons (Fsp3) is 0.667. The molecule has 1 spiro atoms. The van der Waals surface area contributed by atoms with Crippen LogP contribution in [0, 0.1) is 28.9 Å². The van der Waals surface area contributed by atoms with E-state index >= 15 is 0 Å². The smallest absolute Gasteiger partial charge is 0.200 e. The van der Waals surface area contributed by atoms with Crippen LogP contribution in [0.25, 0.3) is 0 Å². The minimum atomic E-state index is -0.850. The molecule has 1 aromatic rings. The van der Waals surface area contributed by atoms with Crippen LogP contribution in [0.5, 0.6) is 5.75 Å². The van der Waals surface area contributed by atoms with E-state index in [1.807, 2.05) is 0 Å². The molecule has 0 aliphatic heterocycles. The molecule has 2 nitrogen and oxygen atoms in total. The van der Waals surface area contributed by atoms with Gasteiger partial charge in [0.25, 0.3) is 0 Å². The zero-order valence-electron chi connectivity index (χ0n) is 14.8. The van der Waals surface area contributed by atoms with Crippen LogP contribution in [-0.2, 0) is 4.79 Å². The van der Waals surface area contributed by atoms with Crippen molar-refractivity contribution in [3.05, 3.63) is 29.3 Å². The summed E-state index contributed by atoms with van der Waals surface area (Å²) in [6.45, 7) is 2.09. The first-order chi connectivity index (χ1) is 12.0. The number of benzene rings is 1. The second-order valence-corrected chi connectivity index (χ2v) is 8.39. The quantitative estimate of drug-likeness (QED) is 0.728. The zero-order valence-corrected chi connectivity index (χ0v) is 14.8. The van der Waals surface area contributed by atoms with Crippen LogP contribution < -0.4 is 4.74 Å². The highest BCUT2D eigenvalue weighted by atomic mass is 19.2. The highest BCUT2D eigenvalue weighted by Crippen LogP contribution is 2.61. The monoisotopic (exact) mass is 348 g/mol. The van der Waals surface area contributed by atoms with Gasteiger partial charge < -0.3 is 4.74 Å². The summed E-state index contributed by atoms with van der Waals surface area (Å²) in [6, 6.07) is 3.26. The number of halogens is 2. The zero-order chi connectivity index (χ0) is 17.6. The minimum Gasteiger partial charge on any atom is -0.491 e. The Kier molecular flexibility index (Phi) is 4.33. The molecule has 0 unspecified atom stereocenters. The number of hydrogen-bond acceptors (Lipinski definition) is 2. The van der Waals surface area contributed by atoms with Crippen molar-refractivity contribution in [3.8, 4) is 5.75 Å². The van der Waals surface area contributed by atoms with Crippen molar-refractivity contribution in [1.29, 1.82) is 0 Å². The van der Waals surface area contributed by atoms with Gasteiger partial charge in [-0.15, -0.1) is 0 Å². The van der Waals surface area contributed by atoms with Crippen LogP contribution in [0.3, 0.4) is 0 Å². The molecule has 0 N–H and O–H groups in total. The van der Waals surface area contributed by atoms with Crippen LogP contribution in [0.4, 0.5) is 8.78 Å². The fourth-order valence-corrected chi connectivity index (χ4v) is 5.49. The third kappa shape index (κ3) is 2.98. The summed E-state index contributed by atoms with van der Waals surface area (Å²) in [7, 11) is 0. The molecule has 3 fully saturated rings. The van der Waals surface area contributed by atoms with E-state index in [1.54, 1.807) is 19.1 Å². The molecule has 0 bridgehead atoms. The van der Waals surface area contributed by atoms with E-state index in [-0.39, 0.29) is 11.7 Å². The Morgan fingerprint density at radius 1 is 1.04 bits per heavy atom. The molecule has 0 saturated heterocycles. The molecule has 136 valence electrons. The topological polar surface area (TPSA) is 26.3 Å². The highest BCUT2D eigenvalue weighted by Gasteiger charge is 2.54. The lowest BCUT2D eigenvalue weighted by Gasteiger charge is -2.56. The number of Topliss-reactive ketones (excluding diaryl/α,β-unsaturated/α-hetero) is 1. The lowest BCUT2D eigenvalue weighted by molar-refractivity contribution is -0.145. The lowest BCUT2D eigenvalue weighted by atomic mass is 9.48. The molecular formula is C21H26F2O2. The van der Waals surface area contributed by atoms with Crippen molar-refractivity contribution >= 4 is 5.78 Å². The van der Waals surface area contributed by atoms with Crippen molar-refractivity contribution in [2.24, 2.45) is 17.3 Å². The maximum atomic E-state index is 14.4. The van der Waals surface area contributed by atoms with Gasteiger partial charge >= 0.3 is 0 Å². The van der Waals surface area contributed by atoms with Gasteiger partial charge in [-0.1, -0.05) is 6.07 Å². The average molecular weight is 348 g/mol. The van der Waals surface area contributed by atoms with Crippen LogP contribution in [0.2, 0.25) is 0 Å². The Morgan fingerprint density at radius 3 is 2.32 bits per heavy atom. The van der Waals surface area contributed by atoms with Gasteiger partial charge in [-0.05, 0) is 80.2 Å². The van der Waals surface area contributed by atoms with Crippen LogP contribution >= 0.6 is 0 Å². The number of ether oxygens (including phenoxy) is 1. The molecule has 4 rings (SSSR count). The summed E-state index contributed by atoms with van der Waals surface area (Å²) in [5, 5.41) is 0. The molecule has 0 amide bonds. The summed E-state index contributed by atoms with van der Waals surface area (Å²) >= 11 is 0. The lowest BCUT2D eigenvalue weighted by Crippen LogP contribution is -2.50. The third-order valence-corrected chi connectivity index (χ3v) is 6.79. The van der Waals surface area contributed by atoms with Gasteiger partial charge in [0, 0.05) is 12.8 Å². The Labute approximate surface area is 147 Å². The summed E-state index contributed by atoms with van der Waals surface area (Å²) < 4.78 is 33.7. The minimum absolute atomic E-state index is 0.00671. The maximum Gasteiger partial charge on any atom is 0.200 e. The number of ketones is 1. The summed E-state index contributed by atoms with van der Waals surface area (Å²) in [5.74, 6) is 0.411. The first kappa shape index (κ1) is 17.0. The van der Waals surface area contributed by atoms with E-state index in [1.165, 1.54) is 12.8 Å². The Bertz CT molecular complexity index is 661. The molecule has 0 heterocycles. The highest BCUT2D eigenvalue weighted by molar-refractivity contribution is 5.86. The summed E-state index contributed by atoms with van der Waals surface area (Å²) in [5.41, 5.74) is 0.872. The molecule has 1 aromatic carbocycles. The van der Waals surface area contributed by atoms with E-state index < -0.39 is 11.6 Å². The van der Waals surface area contributed by atoms with Crippen molar-refractivity contribution in [2.45, 2.75) is 64.2 Å². The third-order valence-electron chi connectivity index (χ3n) is 6.79. The van der Waals surface area contributed by atoms with Gasteiger partial charge in [0.1, 0.15) is 5.78 Å². The Balaban J connectivity index is 1.35. The normalized spacial score (nSPS) is 28.5. The van der Waals surface area contributed by atoms with E-state index in [4.69, 9.17) is 4.74 Å². The summed E-state index contributed by atoms with van der Waals surface area (Å²) in [4.78, 5) is 11.2. The summed E-state index contributed by atoms with van der Waals surface area (Å²) in [6.07, 6.45) is 8.06. The predicted octanol–water partition coefficient (Wildman–Crippen LogP) is 5.40. The molecule has 3 aliphatic carbocycles. The first-order valence-electron chi connectivity index (χ1n) is 9.64. The van der Waals surface area contributed by atoms with Crippen molar-refractivity contribution in [3.63, 3.8) is 0 Å². The maximum absolute atomic E-state index is 14.4. The van der Waals surface area contributed by atoms with E-state index in [9.17, 15) is 13.6 Å². The van der Waals surface area contributed by atoms with E-state index in [0.717, 1.165) is 44.4 Å². The van der Waals surface area contributed by atoms with Crippen molar-refractivity contribution < 1.29 is 18.3 Å². The fourth-order valence-electron chi connectivity index (χ4n) is 5.49. The molecule has 0 radical (unpaired) electrons. The van der Waals surface area contributed by atoms with Crippen molar-refractivity contribution in [1.82, 2.24) is 0 Å². The van der Waals surface area contributed by atoms with Crippen molar-refractivity contribution in [2.75, 3.05) is 6.61 Å². The first-order valence-corrected chi connectivity index (χ1v) is 9.64. The molecule has 0 aromatic heterocycles. The average Bonchev–Trinajstić information content (AvgIpc) is 2.55. The number of rotatable bonds is 4.